The van der Waals surface area contributed by atoms with Gasteiger partial charge in [-0.15, -0.1) is 0 Å². The maximum absolute atomic E-state index is 9.75. The van der Waals surface area contributed by atoms with Gasteiger partial charge in [0.15, 0.2) is 0 Å². The Labute approximate surface area is 286 Å². The molecule has 0 aliphatic heterocycles. The van der Waals surface area contributed by atoms with Crippen LogP contribution in [-0.2, 0) is 19.5 Å². The zero-order valence-electron chi connectivity index (χ0n) is 26.1. The van der Waals surface area contributed by atoms with E-state index in [0.717, 1.165) is 23.8 Å². The molecule has 0 spiro atoms. The summed E-state index contributed by atoms with van der Waals surface area (Å²) in [5.74, 6) is 1.95. The van der Waals surface area contributed by atoms with Gasteiger partial charge in [-0.25, -0.2) is 0 Å². The van der Waals surface area contributed by atoms with E-state index in [0.29, 0.717) is 0 Å². The van der Waals surface area contributed by atoms with Gasteiger partial charge in [0.2, 0.25) is 0 Å². The Balaban J connectivity index is 0.000000440. The van der Waals surface area contributed by atoms with E-state index in [1.54, 1.807) is 14.2 Å². The summed E-state index contributed by atoms with van der Waals surface area (Å²) in [4.78, 5) is 0. The van der Waals surface area contributed by atoms with Crippen molar-refractivity contribution in [3.05, 3.63) is 133 Å². The average molecular weight is 756 g/mol. The van der Waals surface area contributed by atoms with Gasteiger partial charge in [-0.3, -0.25) is 0 Å². The molecule has 2 nitrogen and oxygen atoms in total. The second-order valence-corrected chi connectivity index (χ2v) is 14.5. The summed E-state index contributed by atoms with van der Waals surface area (Å²) in [5.41, 5.74) is 0. The second kappa shape index (κ2) is 21.9. The van der Waals surface area contributed by atoms with E-state index in [4.69, 9.17) is 9.47 Å². The molecule has 5 rings (SSSR count). The van der Waals surface area contributed by atoms with Crippen molar-refractivity contribution in [1.82, 2.24) is 0 Å². The number of benzene rings is 4. The van der Waals surface area contributed by atoms with Crippen LogP contribution in [0.1, 0.15) is 25.7 Å². The fourth-order valence-electron chi connectivity index (χ4n) is 4.75. The van der Waals surface area contributed by atoms with E-state index in [1.165, 1.54) is 46.9 Å². The molecule has 0 saturated heterocycles. The van der Waals surface area contributed by atoms with Crippen molar-refractivity contribution in [2.45, 2.75) is 25.7 Å². The predicted octanol–water partition coefficient (Wildman–Crippen LogP) is 9.24. The third-order valence-electron chi connectivity index (χ3n) is 6.77. The molecule has 2 atom stereocenters. The molecular formula is C36H40BF4O2P2Rh-. The SMILES string of the molecule is C1=C\CC/C=C\CC/1.COc1ccccc1P(CCP(c1ccccc1)c1ccccc1OC)c1ccccc1.F[B-](F)(F)F.[Rh]. The molecule has 46 heavy (non-hydrogen) atoms. The quantitative estimate of drug-likeness (QED) is 0.0735. The van der Waals surface area contributed by atoms with Gasteiger partial charge >= 0.3 is 7.25 Å². The topological polar surface area (TPSA) is 18.5 Å². The fraction of sp³-hybridized carbons (Fsp3) is 0.222. The normalized spacial score (nSPS) is 15.0. The molecule has 10 heteroatoms. The van der Waals surface area contributed by atoms with Crippen LogP contribution in [0.3, 0.4) is 0 Å². The van der Waals surface area contributed by atoms with E-state index in [1.807, 2.05) is 12.1 Å². The van der Waals surface area contributed by atoms with Crippen molar-refractivity contribution in [2.75, 3.05) is 26.5 Å². The molecule has 247 valence electrons. The van der Waals surface area contributed by atoms with Crippen LogP contribution in [0.4, 0.5) is 17.3 Å². The molecule has 4 aromatic carbocycles. The number of para-hydroxylation sites is 2. The number of rotatable bonds is 9. The van der Waals surface area contributed by atoms with Crippen LogP contribution in [0.25, 0.3) is 0 Å². The number of methoxy groups -OCH3 is 2. The van der Waals surface area contributed by atoms with Gasteiger partial charge in [0.25, 0.3) is 0 Å². The zero-order valence-corrected chi connectivity index (χ0v) is 29.5. The first-order valence-corrected chi connectivity index (χ1v) is 18.0. The van der Waals surface area contributed by atoms with Crippen LogP contribution >= 0.6 is 15.8 Å². The van der Waals surface area contributed by atoms with Crippen molar-refractivity contribution < 1.29 is 46.2 Å². The number of hydrogen-bond donors (Lipinski definition) is 0. The van der Waals surface area contributed by atoms with E-state index >= 15 is 0 Å². The summed E-state index contributed by atoms with van der Waals surface area (Å²) in [6.07, 6.45) is 16.2. The molecule has 0 amide bonds. The maximum atomic E-state index is 9.75. The molecule has 0 N–H and O–H groups in total. The molecule has 0 fully saturated rings. The molecule has 1 radical (unpaired) electrons. The molecule has 2 unspecified atom stereocenters. The zero-order chi connectivity index (χ0) is 32.3. The van der Waals surface area contributed by atoms with E-state index in [9.17, 15) is 17.3 Å². The molecule has 0 saturated carbocycles. The Morgan fingerprint density at radius 2 is 0.783 bits per heavy atom. The van der Waals surface area contributed by atoms with Crippen LogP contribution in [-0.4, -0.2) is 33.8 Å². The summed E-state index contributed by atoms with van der Waals surface area (Å²) >= 11 is 0. The minimum atomic E-state index is -6.00. The molecule has 1 aliphatic carbocycles. The minimum absolute atomic E-state index is 0. The number of allylic oxidation sites excluding steroid dienone is 4. The Morgan fingerprint density at radius 1 is 0.500 bits per heavy atom. The molecule has 1 aliphatic rings. The van der Waals surface area contributed by atoms with Gasteiger partial charge in [0, 0.05) is 30.1 Å². The summed E-state index contributed by atoms with van der Waals surface area (Å²) in [5, 5.41) is 5.38. The van der Waals surface area contributed by atoms with Crippen molar-refractivity contribution in [1.29, 1.82) is 0 Å². The second-order valence-electron chi connectivity index (χ2n) is 9.91. The predicted molar refractivity (Wildman–Crippen MR) is 188 cm³/mol. The van der Waals surface area contributed by atoms with Crippen molar-refractivity contribution in [3.8, 4) is 11.5 Å². The monoisotopic (exact) mass is 756 g/mol. The smallest absolute Gasteiger partial charge is 0.496 e. The Morgan fingerprint density at radius 3 is 1.09 bits per heavy atom. The number of halogens is 4. The first kappa shape index (κ1) is 39.4. The van der Waals surface area contributed by atoms with Crippen molar-refractivity contribution >= 4 is 44.3 Å². The van der Waals surface area contributed by atoms with Gasteiger partial charge in [-0.2, -0.15) is 0 Å². The van der Waals surface area contributed by atoms with Gasteiger partial charge in [0.05, 0.1) is 14.2 Å². The Kier molecular flexibility index (Phi) is 18.8. The summed E-state index contributed by atoms with van der Waals surface area (Å²) in [6.45, 7) is 0. The summed E-state index contributed by atoms with van der Waals surface area (Å²) in [7, 11) is -3.57. The molecule has 0 heterocycles. The van der Waals surface area contributed by atoms with Gasteiger partial charge < -0.3 is 26.7 Å². The van der Waals surface area contributed by atoms with Crippen molar-refractivity contribution in [2.24, 2.45) is 0 Å². The Hall–Kier alpha value is -2.77. The van der Waals surface area contributed by atoms with Crippen LogP contribution in [0, 0.1) is 0 Å². The minimum Gasteiger partial charge on any atom is -0.496 e. The molecule has 4 aromatic rings. The fourth-order valence-corrected chi connectivity index (χ4v) is 10.4. The van der Waals surface area contributed by atoms with Gasteiger partial charge in [-0.05, 0) is 76.6 Å². The maximum Gasteiger partial charge on any atom is 0.673 e. The number of hydrogen-bond acceptors (Lipinski definition) is 2. The third-order valence-corrected chi connectivity index (χ3v) is 12.2. The van der Waals surface area contributed by atoms with E-state index < -0.39 is 23.1 Å². The Bertz CT molecular complexity index is 1330. The summed E-state index contributed by atoms with van der Waals surface area (Å²) in [6, 6.07) is 38.7. The first-order valence-electron chi connectivity index (χ1n) is 14.9. The van der Waals surface area contributed by atoms with Crippen LogP contribution in [0.2, 0.25) is 0 Å². The van der Waals surface area contributed by atoms with E-state index in [2.05, 4.69) is 121 Å². The average Bonchev–Trinajstić information content (AvgIpc) is 3.03. The first-order chi connectivity index (χ1) is 21.8. The van der Waals surface area contributed by atoms with Crippen LogP contribution in [0.5, 0.6) is 11.5 Å². The molecule has 0 aromatic heterocycles. The standard InChI is InChI=1S/C28H28O2P2.C8H12.BF4.Rh/c1-29-25-17-9-11-19-27(25)31(23-13-5-3-6-14-23)21-22-32(24-15-7-4-8-16-24)28-20-12-10-18-26(28)30-2;1-2-4-6-8-7-5-3-1;2-1(3,4)5;/h3-20H,21-22H2,1-2H3;1-2,7-8H,3-6H2;;/q;;-1;/b;2-1-,8-7-;;. The van der Waals surface area contributed by atoms with Gasteiger partial charge in [-0.1, -0.05) is 121 Å². The van der Waals surface area contributed by atoms with Crippen LogP contribution in [0.15, 0.2) is 133 Å². The van der Waals surface area contributed by atoms with E-state index in [-0.39, 0.29) is 19.5 Å². The largest absolute Gasteiger partial charge is 0.673 e. The third kappa shape index (κ3) is 14.3. The van der Waals surface area contributed by atoms with Crippen LogP contribution < -0.4 is 30.7 Å². The molecular weight excluding hydrogens is 716 g/mol. The van der Waals surface area contributed by atoms with Crippen molar-refractivity contribution in [3.63, 3.8) is 0 Å². The number of ether oxygens (including phenoxy) is 2. The molecule has 0 bridgehead atoms. The summed E-state index contributed by atoms with van der Waals surface area (Å²) < 4.78 is 50.5. The van der Waals surface area contributed by atoms with Gasteiger partial charge in [0.1, 0.15) is 11.5 Å².